The van der Waals surface area contributed by atoms with Crippen molar-refractivity contribution >= 4 is 11.8 Å². The van der Waals surface area contributed by atoms with Crippen LogP contribution in [0.15, 0.2) is 40.8 Å². The van der Waals surface area contributed by atoms with Crippen molar-refractivity contribution in [2.75, 3.05) is 7.05 Å². The SMILES string of the molecule is Cc1ccc(C(=O)N(C)Cc2ccc(C(=O)NC3CC3)cc2)o1. The third-order valence-corrected chi connectivity index (χ3v) is 3.85. The van der Waals surface area contributed by atoms with Crippen LogP contribution in [-0.2, 0) is 6.54 Å². The maximum absolute atomic E-state index is 12.2. The number of nitrogens with zero attached hydrogens (tertiary/aromatic N) is 1. The molecule has 2 aromatic rings. The van der Waals surface area contributed by atoms with Gasteiger partial charge < -0.3 is 14.6 Å². The van der Waals surface area contributed by atoms with E-state index >= 15 is 0 Å². The van der Waals surface area contributed by atoms with E-state index in [2.05, 4.69) is 5.32 Å². The van der Waals surface area contributed by atoms with Gasteiger partial charge in [0.15, 0.2) is 5.76 Å². The first-order chi connectivity index (χ1) is 11.0. The Morgan fingerprint density at radius 1 is 1.17 bits per heavy atom. The van der Waals surface area contributed by atoms with Crippen molar-refractivity contribution in [3.63, 3.8) is 0 Å². The predicted octanol–water partition coefficient (Wildman–Crippen LogP) is 2.75. The smallest absolute Gasteiger partial charge is 0.289 e. The molecule has 0 unspecified atom stereocenters. The average Bonchev–Trinajstić information content (AvgIpc) is 3.25. The van der Waals surface area contributed by atoms with Gasteiger partial charge in [0.2, 0.25) is 0 Å². The van der Waals surface area contributed by atoms with Crippen LogP contribution in [0.1, 0.15) is 45.1 Å². The molecule has 0 aliphatic heterocycles. The largest absolute Gasteiger partial charge is 0.456 e. The molecule has 1 aromatic heterocycles. The third-order valence-electron chi connectivity index (χ3n) is 3.85. The predicted molar refractivity (Wildman–Crippen MR) is 86.2 cm³/mol. The number of hydrogen-bond acceptors (Lipinski definition) is 3. The van der Waals surface area contributed by atoms with Gasteiger partial charge in [0.25, 0.3) is 11.8 Å². The molecule has 5 nitrogen and oxygen atoms in total. The monoisotopic (exact) mass is 312 g/mol. The summed E-state index contributed by atoms with van der Waals surface area (Å²) >= 11 is 0. The van der Waals surface area contributed by atoms with Gasteiger partial charge in [0.05, 0.1) is 0 Å². The summed E-state index contributed by atoms with van der Waals surface area (Å²) in [4.78, 5) is 25.8. The summed E-state index contributed by atoms with van der Waals surface area (Å²) in [6.45, 7) is 2.27. The Morgan fingerprint density at radius 3 is 2.43 bits per heavy atom. The second-order valence-electron chi connectivity index (χ2n) is 6.02. The Balaban J connectivity index is 1.60. The molecule has 1 heterocycles. The van der Waals surface area contributed by atoms with Gasteiger partial charge in [-0.1, -0.05) is 12.1 Å². The first kappa shape index (κ1) is 15.3. The minimum absolute atomic E-state index is 0.0328. The van der Waals surface area contributed by atoms with Crippen LogP contribution in [0.2, 0.25) is 0 Å². The van der Waals surface area contributed by atoms with Crippen molar-refractivity contribution in [3.8, 4) is 0 Å². The fraction of sp³-hybridized carbons (Fsp3) is 0.333. The number of carbonyl (C=O) groups is 2. The summed E-state index contributed by atoms with van der Waals surface area (Å²) in [7, 11) is 1.73. The molecule has 1 aliphatic rings. The van der Waals surface area contributed by atoms with Crippen LogP contribution in [0.5, 0.6) is 0 Å². The second-order valence-corrected chi connectivity index (χ2v) is 6.02. The Labute approximate surface area is 135 Å². The molecule has 0 spiro atoms. The maximum atomic E-state index is 12.2. The number of hydrogen-bond donors (Lipinski definition) is 1. The lowest BCUT2D eigenvalue weighted by atomic mass is 10.1. The first-order valence-corrected chi connectivity index (χ1v) is 7.74. The molecule has 23 heavy (non-hydrogen) atoms. The molecule has 0 bridgehead atoms. The summed E-state index contributed by atoms with van der Waals surface area (Å²) in [5.74, 6) is 0.862. The van der Waals surface area contributed by atoms with E-state index in [1.54, 1.807) is 36.2 Å². The molecule has 1 N–H and O–H groups in total. The van der Waals surface area contributed by atoms with Gasteiger partial charge in [-0.25, -0.2) is 0 Å². The van der Waals surface area contributed by atoms with Crippen molar-refractivity contribution in [1.82, 2.24) is 10.2 Å². The highest BCUT2D eigenvalue weighted by Crippen LogP contribution is 2.19. The van der Waals surface area contributed by atoms with Crippen molar-refractivity contribution in [3.05, 3.63) is 59.0 Å². The molecule has 120 valence electrons. The van der Waals surface area contributed by atoms with E-state index in [9.17, 15) is 9.59 Å². The number of benzene rings is 1. The van der Waals surface area contributed by atoms with E-state index in [-0.39, 0.29) is 11.8 Å². The zero-order valence-corrected chi connectivity index (χ0v) is 13.3. The molecule has 5 heteroatoms. The summed E-state index contributed by atoms with van der Waals surface area (Å²) in [6.07, 6.45) is 2.14. The molecule has 3 rings (SSSR count). The molecule has 0 atom stereocenters. The highest BCUT2D eigenvalue weighted by atomic mass is 16.3. The molecule has 0 radical (unpaired) electrons. The zero-order valence-electron chi connectivity index (χ0n) is 13.3. The number of nitrogens with one attached hydrogen (secondary N) is 1. The number of aryl methyl sites for hydroxylation is 1. The molecule has 1 aliphatic carbocycles. The maximum Gasteiger partial charge on any atom is 0.289 e. The lowest BCUT2D eigenvalue weighted by molar-refractivity contribution is 0.0751. The van der Waals surface area contributed by atoms with Crippen LogP contribution in [0.25, 0.3) is 0 Å². The van der Waals surface area contributed by atoms with Gasteiger partial charge >= 0.3 is 0 Å². The summed E-state index contributed by atoms with van der Waals surface area (Å²) in [6, 6.07) is 11.1. The second kappa shape index (κ2) is 6.28. The topological polar surface area (TPSA) is 62.6 Å². The van der Waals surface area contributed by atoms with E-state index in [0.29, 0.717) is 29.7 Å². The lowest BCUT2D eigenvalue weighted by Crippen LogP contribution is -2.26. The Morgan fingerprint density at radius 2 is 1.87 bits per heavy atom. The molecule has 2 amide bonds. The van der Waals surface area contributed by atoms with E-state index in [1.807, 2.05) is 19.1 Å². The molecular weight excluding hydrogens is 292 g/mol. The molecule has 0 saturated heterocycles. The molecular formula is C18H20N2O3. The summed E-state index contributed by atoms with van der Waals surface area (Å²) in [5.41, 5.74) is 1.61. The fourth-order valence-corrected chi connectivity index (χ4v) is 2.34. The number of furan rings is 1. The Kier molecular flexibility index (Phi) is 4.19. The van der Waals surface area contributed by atoms with Crippen LogP contribution in [0.4, 0.5) is 0 Å². The van der Waals surface area contributed by atoms with Gasteiger partial charge in [-0.05, 0) is 49.6 Å². The number of rotatable bonds is 5. The third kappa shape index (κ3) is 3.80. The first-order valence-electron chi connectivity index (χ1n) is 7.74. The number of carbonyl (C=O) groups excluding carboxylic acids is 2. The van der Waals surface area contributed by atoms with E-state index in [0.717, 1.165) is 18.4 Å². The standard InChI is InChI=1S/C18H20N2O3/c1-12-3-10-16(23-12)18(22)20(2)11-13-4-6-14(7-5-13)17(21)19-15-8-9-15/h3-7,10,15H,8-9,11H2,1-2H3,(H,19,21). The van der Waals surface area contributed by atoms with Crippen molar-refractivity contribution in [1.29, 1.82) is 0 Å². The summed E-state index contributed by atoms with van der Waals surface area (Å²) in [5, 5.41) is 2.96. The highest BCUT2D eigenvalue weighted by molar-refractivity contribution is 5.94. The lowest BCUT2D eigenvalue weighted by Gasteiger charge is -2.16. The van der Waals surface area contributed by atoms with Crippen molar-refractivity contribution < 1.29 is 14.0 Å². The number of amides is 2. The van der Waals surface area contributed by atoms with Gasteiger partial charge in [0.1, 0.15) is 5.76 Å². The van der Waals surface area contributed by atoms with E-state index < -0.39 is 0 Å². The summed E-state index contributed by atoms with van der Waals surface area (Å²) < 4.78 is 5.35. The molecule has 1 saturated carbocycles. The molecule has 1 fully saturated rings. The normalized spacial score (nSPS) is 13.7. The van der Waals surface area contributed by atoms with Crippen LogP contribution < -0.4 is 5.32 Å². The van der Waals surface area contributed by atoms with Gasteiger partial charge in [-0.2, -0.15) is 0 Å². The quantitative estimate of drug-likeness (QED) is 0.923. The highest BCUT2D eigenvalue weighted by Gasteiger charge is 2.23. The van der Waals surface area contributed by atoms with Gasteiger partial charge in [-0.15, -0.1) is 0 Å². The van der Waals surface area contributed by atoms with Crippen LogP contribution in [0, 0.1) is 6.92 Å². The van der Waals surface area contributed by atoms with E-state index in [1.165, 1.54) is 0 Å². The fourth-order valence-electron chi connectivity index (χ4n) is 2.34. The minimum atomic E-state index is -0.159. The van der Waals surface area contributed by atoms with Crippen LogP contribution >= 0.6 is 0 Å². The minimum Gasteiger partial charge on any atom is -0.456 e. The Hall–Kier alpha value is -2.56. The van der Waals surface area contributed by atoms with Crippen molar-refractivity contribution in [2.45, 2.75) is 32.4 Å². The molecule has 1 aromatic carbocycles. The van der Waals surface area contributed by atoms with Gasteiger partial charge in [0, 0.05) is 25.2 Å². The Bertz CT molecular complexity index is 714. The zero-order chi connectivity index (χ0) is 16.4. The van der Waals surface area contributed by atoms with Crippen LogP contribution in [-0.4, -0.2) is 29.8 Å². The van der Waals surface area contributed by atoms with Crippen molar-refractivity contribution in [2.24, 2.45) is 0 Å². The van der Waals surface area contributed by atoms with Gasteiger partial charge in [-0.3, -0.25) is 9.59 Å². The van der Waals surface area contributed by atoms with E-state index in [4.69, 9.17) is 4.42 Å². The van der Waals surface area contributed by atoms with Crippen LogP contribution in [0.3, 0.4) is 0 Å². The average molecular weight is 312 g/mol.